The Morgan fingerprint density at radius 1 is 1.09 bits per heavy atom. The SMILES string of the molecule is CN1CCN(c2ccccc2NC(=O)Cc2csc3nc(-c4ccc(F)cc4)cn23)CC1. The van der Waals surface area contributed by atoms with Crippen LogP contribution in [0.25, 0.3) is 16.2 Å². The van der Waals surface area contributed by atoms with Crippen LogP contribution in [0.4, 0.5) is 15.8 Å². The van der Waals surface area contributed by atoms with Crippen molar-refractivity contribution in [3.63, 3.8) is 0 Å². The summed E-state index contributed by atoms with van der Waals surface area (Å²) in [5.41, 5.74) is 4.38. The fraction of sp³-hybridized carbons (Fsp3) is 0.250. The molecule has 1 saturated heterocycles. The van der Waals surface area contributed by atoms with Gasteiger partial charge in [-0.15, -0.1) is 11.3 Å². The molecular formula is C24H24FN5OS. The lowest BCUT2D eigenvalue weighted by Crippen LogP contribution is -2.44. The zero-order chi connectivity index (χ0) is 22.1. The van der Waals surface area contributed by atoms with Gasteiger partial charge in [-0.1, -0.05) is 12.1 Å². The van der Waals surface area contributed by atoms with Crippen LogP contribution in [0.15, 0.2) is 60.1 Å². The van der Waals surface area contributed by atoms with Crippen LogP contribution in [0.5, 0.6) is 0 Å². The van der Waals surface area contributed by atoms with Gasteiger partial charge in [-0.2, -0.15) is 0 Å². The number of halogens is 1. The molecule has 2 aromatic carbocycles. The predicted molar refractivity (Wildman–Crippen MR) is 127 cm³/mol. The Kier molecular flexibility index (Phi) is 5.63. The quantitative estimate of drug-likeness (QED) is 0.498. The Morgan fingerprint density at radius 2 is 1.84 bits per heavy atom. The minimum absolute atomic E-state index is 0.0664. The number of thiazole rings is 1. The second-order valence-electron chi connectivity index (χ2n) is 8.05. The van der Waals surface area contributed by atoms with Gasteiger partial charge in [-0.3, -0.25) is 9.20 Å². The molecule has 0 atom stereocenters. The third kappa shape index (κ3) is 4.24. The third-order valence-corrected chi connectivity index (χ3v) is 6.68. The Labute approximate surface area is 189 Å². The van der Waals surface area contributed by atoms with Crippen molar-refractivity contribution < 1.29 is 9.18 Å². The standard InChI is InChI=1S/C24H24FN5OS/c1-28-10-12-29(13-11-28)22-5-3-2-4-20(22)26-23(31)14-19-16-32-24-27-21(15-30(19)24)17-6-8-18(25)9-7-17/h2-9,15-16H,10-14H2,1H3,(H,26,31). The first kappa shape index (κ1) is 20.7. The molecule has 3 heterocycles. The maximum Gasteiger partial charge on any atom is 0.230 e. The maximum absolute atomic E-state index is 13.2. The lowest BCUT2D eigenvalue weighted by molar-refractivity contribution is -0.115. The molecule has 8 heteroatoms. The van der Waals surface area contributed by atoms with Crippen LogP contribution in [0.2, 0.25) is 0 Å². The lowest BCUT2D eigenvalue weighted by Gasteiger charge is -2.35. The van der Waals surface area contributed by atoms with Crippen molar-refractivity contribution in [2.45, 2.75) is 6.42 Å². The fourth-order valence-corrected chi connectivity index (χ4v) is 4.85. The summed E-state index contributed by atoms with van der Waals surface area (Å²) in [7, 11) is 2.13. The van der Waals surface area contributed by atoms with Crippen molar-refractivity contribution in [2.24, 2.45) is 0 Å². The number of carbonyl (C=O) groups excluding carboxylic acids is 1. The molecule has 2 aromatic heterocycles. The first-order chi connectivity index (χ1) is 15.6. The maximum atomic E-state index is 13.2. The molecule has 0 unspecified atom stereocenters. The van der Waals surface area contributed by atoms with Gasteiger partial charge in [0.25, 0.3) is 0 Å². The molecule has 0 saturated carbocycles. The molecule has 1 amide bonds. The number of carbonyl (C=O) groups is 1. The van der Waals surface area contributed by atoms with Crippen molar-refractivity contribution in [3.8, 4) is 11.3 Å². The van der Waals surface area contributed by atoms with Crippen molar-refractivity contribution >= 4 is 33.6 Å². The van der Waals surface area contributed by atoms with Gasteiger partial charge in [-0.05, 0) is 43.4 Å². The highest BCUT2D eigenvalue weighted by Crippen LogP contribution is 2.28. The number of piperazine rings is 1. The number of nitrogens with zero attached hydrogens (tertiary/aromatic N) is 4. The summed E-state index contributed by atoms with van der Waals surface area (Å²) < 4.78 is 15.2. The van der Waals surface area contributed by atoms with E-state index in [-0.39, 0.29) is 18.1 Å². The average Bonchev–Trinajstić information content (AvgIpc) is 3.37. The monoisotopic (exact) mass is 449 g/mol. The first-order valence-corrected chi connectivity index (χ1v) is 11.5. The van der Waals surface area contributed by atoms with E-state index < -0.39 is 0 Å². The van der Waals surface area contributed by atoms with Crippen molar-refractivity contribution in [2.75, 3.05) is 43.4 Å². The number of hydrogen-bond acceptors (Lipinski definition) is 5. The van der Waals surface area contributed by atoms with Gasteiger partial charge in [0.05, 0.1) is 23.5 Å². The van der Waals surface area contributed by atoms with Gasteiger partial charge < -0.3 is 15.1 Å². The van der Waals surface area contributed by atoms with E-state index in [9.17, 15) is 9.18 Å². The van der Waals surface area contributed by atoms with E-state index in [1.807, 2.05) is 34.2 Å². The normalized spacial score (nSPS) is 14.8. The van der Waals surface area contributed by atoms with Crippen molar-refractivity contribution in [1.29, 1.82) is 0 Å². The summed E-state index contributed by atoms with van der Waals surface area (Å²) >= 11 is 1.49. The molecule has 1 fully saturated rings. The van der Waals surface area contributed by atoms with E-state index in [1.54, 1.807) is 12.1 Å². The van der Waals surface area contributed by atoms with E-state index in [0.29, 0.717) is 0 Å². The average molecular weight is 450 g/mol. The van der Waals surface area contributed by atoms with Gasteiger partial charge in [0.1, 0.15) is 5.82 Å². The van der Waals surface area contributed by atoms with Crippen molar-refractivity contribution in [1.82, 2.24) is 14.3 Å². The largest absolute Gasteiger partial charge is 0.367 e. The molecule has 0 radical (unpaired) electrons. The van der Waals surface area contributed by atoms with Crippen LogP contribution < -0.4 is 10.2 Å². The molecule has 0 bridgehead atoms. The highest BCUT2D eigenvalue weighted by molar-refractivity contribution is 7.15. The highest BCUT2D eigenvalue weighted by Gasteiger charge is 2.18. The number of para-hydroxylation sites is 2. The number of nitrogens with one attached hydrogen (secondary N) is 1. The molecule has 1 N–H and O–H groups in total. The van der Waals surface area contributed by atoms with Crippen molar-refractivity contribution in [3.05, 3.63) is 71.6 Å². The molecule has 0 spiro atoms. The van der Waals surface area contributed by atoms with Gasteiger partial charge in [0.15, 0.2) is 4.96 Å². The molecule has 1 aliphatic rings. The van der Waals surface area contributed by atoms with Gasteiger partial charge >= 0.3 is 0 Å². The topological polar surface area (TPSA) is 52.9 Å². The molecule has 32 heavy (non-hydrogen) atoms. The minimum atomic E-state index is -0.274. The van der Waals surface area contributed by atoms with E-state index in [1.165, 1.54) is 23.5 Å². The van der Waals surface area contributed by atoms with E-state index in [2.05, 4.69) is 33.2 Å². The Hall–Kier alpha value is -3.23. The van der Waals surface area contributed by atoms with Crippen LogP contribution in [0.3, 0.4) is 0 Å². The smallest absolute Gasteiger partial charge is 0.230 e. The Balaban J connectivity index is 1.32. The number of benzene rings is 2. The number of anilines is 2. The predicted octanol–water partition coefficient (Wildman–Crippen LogP) is 4.13. The molecule has 4 aromatic rings. The van der Waals surface area contributed by atoms with Crippen LogP contribution in [0, 0.1) is 5.82 Å². The molecule has 1 aliphatic heterocycles. The number of amides is 1. The summed E-state index contributed by atoms with van der Waals surface area (Å²) in [6.45, 7) is 3.89. The van der Waals surface area contributed by atoms with Gasteiger partial charge in [-0.25, -0.2) is 9.37 Å². The second kappa shape index (κ2) is 8.72. The number of rotatable bonds is 5. The number of aromatic nitrogens is 2. The minimum Gasteiger partial charge on any atom is -0.367 e. The molecular weight excluding hydrogens is 425 g/mol. The van der Waals surface area contributed by atoms with Crippen LogP contribution in [-0.2, 0) is 11.2 Å². The summed E-state index contributed by atoms with van der Waals surface area (Å²) in [5.74, 6) is -0.340. The summed E-state index contributed by atoms with van der Waals surface area (Å²) in [5, 5.41) is 5.06. The number of imidazole rings is 1. The number of likely N-dealkylation sites (N-methyl/N-ethyl adjacent to an activating group) is 1. The van der Waals surface area contributed by atoms with E-state index in [0.717, 1.165) is 59.5 Å². The Bertz CT molecular complexity index is 1240. The molecule has 5 rings (SSSR count). The summed E-state index contributed by atoms with van der Waals surface area (Å²) in [6, 6.07) is 14.3. The summed E-state index contributed by atoms with van der Waals surface area (Å²) in [6.07, 6.45) is 2.15. The Morgan fingerprint density at radius 3 is 2.62 bits per heavy atom. The van der Waals surface area contributed by atoms with Crippen LogP contribution in [-0.4, -0.2) is 53.4 Å². The molecule has 0 aliphatic carbocycles. The lowest BCUT2D eigenvalue weighted by atomic mass is 10.2. The summed E-state index contributed by atoms with van der Waals surface area (Å²) in [4.78, 5) is 23.0. The van der Waals surface area contributed by atoms with E-state index >= 15 is 0 Å². The zero-order valence-corrected chi connectivity index (χ0v) is 18.6. The fourth-order valence-electron chi connectivity index (χ4n) is 3.98. The molecule has 6 nitrogen and oxygen atoms in total. The van der Waals surface area contributed by atoms with Crippen LogP contribution >= 0.6 is 11.3 Å². The zero-order valence-electron chi connectivity index (χ0n) is 17.8. The second-order valence-corrected chi connectivity index (χ2v) is 8.88. The molecule has 164 valence electrons. The van der Waals surface area contributed by atoms with Gasteiger partial charge in [0.2, 0.25) is 5.91 Å². The number of fused-ring (bicyclic) bond motifs is 1. The van der Waals surface area contributed by atoms with Gasteiger partial charge in [0, 0.05) is 49.0 Å². The van der Waals surface area contributed by atoms with E-state index in [4.69, 9.17) is 0 Å². The third-order valence-electron chi connectivity index (χ3n) is 5.79. The first-order valence-electron chi connectivity index (χ1n) is 10.6. The number of hydrogen-bond donors (Lipinski definition) is 1. The van der Waals surface area contributed by atoms with Crippen LogP contribution in [0.1, 0.15) is 5.69 Å². The highest BCUT2D eigenvalue weighted by atomic mass is 32.1.